The van der Waals surface area contributed by atoms with Crippen LogP contribution in [-0.2, 0) is 28.2 Å². The maximum atomic E-state index is 13.7. The molecule has 2 aromatic rings. The lowest BCUT2D eigenvalue weighted by molar-refractivity contribution is -0.143. The number of carbonyl (C=O) groups excluding carboxylic acids is 1. The standard InChI is InChI=1S/C20H23ClF3N5O2/c1-6-7-8-14(30)31-16(15-17(20(22,23)24)27-28(5)18(15)21)13(9-25)29-11-12(10-26-29)19(2,3)4/h10-11H,6-8H2,1-5H3/b16-13-. The van der Waals surface area contributed by atoms with Crippen LogP contribution in [-0.4, -0.2) is 25.5 Å². The van der Waals surface area contributed by atoms with Crippen LogP contribution in [0.25, 0.3) is 11.5 Å². The molecule has 11 heteroatoms. The van der Waals surface area contributed by atoms with Crippen LogP contribution in [0.15, 0.2) is 12.4 Å². The van der Waals surface area contributed by atoms with Crippen LogP contribution in [0, 0.1) is 11.3 Å². The molecule has 168 valence electrons. The van der Waals surface area contributed by atoms with Crippen molar-refractivity contribution in [2.45, 2.75) is 58.5 Å². The summed E-state index contributed by atoms with van der Waals surface area (Å²) in [5.74, 6) is -1.43. The molecule has 0 aliphatic carbocycles. The number of esters is 1. The van der Waals surface area contributed by atoms with Gasteiger partial charge < -0.3 is 4.74 Å². The van der Waals surface area contributed by atoms with Gasteiger partial charge in [-0.2, -0.15) is 28.6 Å². The third-order valence-corrected chi connectivity index (χ3v) is 4.86. The number of aryl methyl sites for hydroxylation is 1. The summed E-state index contributed by atoms with van der Waals surface area (Å²) < 4.78 is 48.2. The van der Waals surface area contributed by atoms with E-state index in [1.54, 1.807) is 6.07 Å². The van der Waals surface area contributed by atoms with Crippen LogP contribution >= 0.6 is 11.6 Å². The molecule has 0 N–H and O–H groups in total. The minimum atomic E-state index is -4.90. The molecular formula is C20H23ClF3N5O2. The molecule has 0 fully saturated rings. The number of unbranched alkanes of at least 4 members (excludes halogenated alkanes) is 1. The minimum Gasteiger partial charge on any atom is -0.423 e. The van der Waals surface area contributed by atoms with Crippen molar-refractivity contribution in [3.05, 3.63) is 34.4 Å². The first kappa shape index (κ1) is 24.5. The molecule has 0 aliphatic heterocycles. The summed E-state index contributed by atoms with van der Waals surface area (Å²) in [5.41, 5.74) is -2.08. The zero-order chi connectivity index (χ0) is 23.6. The predicted octanol–water partition coefficient (Wildman–Crippen LogP) is 5.17. The highest BCUT2D eigenvalue weighted by molar-refractivity contribution is 6.31. The SMILES string of the molecule is CCCCC(=O)O/C(=C(/C#N)n1cc(C(C)(C)C)cn1)c1c(C(F)(F)F)nn(C)c1Cl. The molecule has 31 heavy (non-hydrogen) atoms. The number of rotatable bonds is 6. The predicted molar refractivity (Wildman–Crippen MR) is 108 cm³/mol. The molecule has 0 bridgehead atoms. The summed E-state index contributed by atoms with van der Waals surface area (Å²) in [6.45, 7) is 7.59. The third-order valence-electron chi connectivity index (χ3n) is 4.42. The normalized spacial score (nSPS) is 13.0. The van der Waals surface area contributed by atoms with Gasteiger partial charge in [0, 0.05) is 19.7 Å². The first-order valence-electron chi connectivity index (χ1n) is 9.51. The van der Waals surface area contributed by atoms with Gasteiger partial charge in [-0.25, -0.2) is 4.68 Å². The lowest BCUT2D eigenvalue weighted by atomic mass is 9.90. The molecule has 0 unspecified atom stereocenters. The molecule has 0 radical (unpaired) electrons. The Hall–Kier alpha value is -2.80. The fourth-order valence-electron chi connectivity index (χ4n) is 2.65. The van der Waals surface area contributed by atoms with Crippen molar-refractivity contribution in [2.24, 2.45) is 7.05 Å². The van der Waals surface area contributed by atoms with Crippen molar-refractivity contribution >= 4 is 29.0 Å². The number of ether oxygens (including phenoxy) is 1. The highest BCUT2D eigenvalue weighted by Crippen LogP contribution is 2.40. The number of alkyl halides is 3. The summed E-state index contributed by atoms with van der Waals surface area (Å²) >= 11 is 6.10. The Morgan fingerprint density at radius 3 is 2.45 bits per heavy atom. The third kappa shape index (κ3) is 5.47. The number of allylic oxidation sites excluding steroid dienone is 1. The smallest absolute Gasteiger partial charge is 0.423 e. The van der Waals surface area contributed by atoms with Crippen LogP contribution < -0.4 is 0 Å². The van der Waals surface area contributed by atoms with E-state index in [0.29, 0.717) is 12.8 Å². The molecule has 0 saturated heterocycles. The number of aromatic nitrogens is 4. The van der Waals surface area contributed by atoms with E-state index in [1.165, 1.54) is 19.4 Å². The molecule has 2 heterocycles. The van der Waals surface area contributed by atoms with Gasteiger partial charge in [0.2, 0.25) is 0 Å². The molecule has 2 aromatic heterocycles. The molecule has 2 rings (SSSR count). The fourth-order valence-corrected chi connectivity index (χ4v) is 2.86. The molecule has 0 aromatic carbocycles. The Kier molecular flexibility index (Phi) is 7.21. The van der Waals surface area contributed by atoms with Crippen molar-refractivity contribution in [3.63, 3.8) is 0 Å². The topological polar surface area (TPSA) is 85.7 Å². The van der Waals surface area contributed by atoms with E-state index >= 15 is 0 Å². The highest BCUT2D eigenvalue weighted by atomic mass is 35.5. The van der Waals surface area contributed by atoms with Gasteiger partial charge in [-0.1, -0.05) is 45.7 Å². The summed E-state index contributed by atoms with van der Waals surface area (Å²) in [4.78, 5) is 12.3. The van der Waals surface area contributed by atoms with Crippen LogP contribution in [0.4, 0.5) is 13.2 Å². The molecule has 7 nitrogen and oxygen atoms in total. The van der Waals surface area contributed by atoms with Gasteiger partial charge in [0.05, 0.1) is 11.8 Å². The van der Waals surface area contributed by atoms with E-state index in [9.17, 15) is 23.2 Å². The van der Waals surface area contributed by atoms with Crippen LogP contribution in [0.5, 0.6) is 0 Å². The Morgan fingerprint density at radius 2 is 1.97 bits per heavy atom. The van der Waals surface area contributed by atoms with Gasteiger partial charge in [-0.15, -0.1) is 0 Å². The Morgan fingerprint density at radius 1 is 1.32 bits per heavy atom. The second-order valence-corrected chi connectivity index (χ2v) is 8.28. The Bertz CT molecular complexity index is 1040. The van der Waals surface area contributed by atoms with Crippen molar-refractivity contribution in [1.82, 2.24) is 19.6 Å². The van der Waals surface area contributed by atoms with Crippen molar-refractivity contribution in [3.8, 4) is 6.07 Å². The second-order valence-electron chi connectivity index (χ2n) is 7.93. The number of nitriles is 1. The zero-order valence-corrected chi connectivity index (χ0v) is 18.6. The lowest BCUT2D eigenvalue weighted by Crippen LogP contribution is -2.14. The molecular weight excluding hydrogens is 435 g/mol. The average Bonchev–Trinajstić information content (AvgIpc) is 3.25. The van der Waals surface area contributed by atoms with E-state index in [2.05, 4.69) is 10.2 Å². The van der Waals surface area contributed by atoms with Crippen LogP contribution in [0.2, 0.25) is 5.15 Å². The van der Waals surface area contributed by atoms with Crippen LogP contribution in [0.1, 0.15) is 63.8 Å². The van der Waals surface area contributed by atoms with Gasteiger partial charge >= 0.3 is 12.1 Å². The van der Waals surface area contributed by atoms with Gasteiger partial charge in [0.15, 0.2) is 17.2 Å². The summed E-state index contributed by atoms with van der Waals surface area (Å²) in [6, 6.07) is 1.80. The number of nitrogens with zero attached hydrogens (tertiary/aromatic N) is 5. The number of hydrogen-bond acceptors (Lipinski definition) is 5. The molecule has 0 atom stereocenters. The minimum absolute atomic E-state index is 0.0374. The fraction of sp³-hybridized carbons (Fsp3) is 0.500. The molecule has 0 saturated carbocycles. The maximum absolute atomic E-state index is 13.7. The van der Waals surface area contributed by atoms with E-state index < -0.39 is 40.0 Å². The van der Waals surface area contributed by atoms with E-state index in [0.717, 1.165) is 14.9 Å². The van der Waals surface area contributed by atoms with Crippen LogP contribution in [0.3, 0.4) is 0 Å². The van der Waals surface area contributed by atoms with Crippen molar-refractivity contribution < 1.29 is 22.7 Å². The summed E-state index contributed by atoms with van der Waals surface area (Å²) in [7, 11) is 1.22. The van der Waals surface area contributed by atoms with Gasteiger partial charge in [0.1, 0.15) is 11.2 Å². The summed E-state index contributed by atoms with van der Waals surface area (Å²) in [6.07, 6.45) is -0.808. The zero-order valence-electron chi connectivity index (χ0n) is 17.8. The maximum Gasteiger partial charge on any atom is 0.435 e. The Balaban J connectivity index is 2.79. The van der Waals surface area contributed by atoms with Crippen molar-refractivity contribution in [1.29, 1.82) is 5.26 Å². The van der Waals surface area contributed by atoms with Crippen molar-refractivity contribution in [2.75, 3.05) is 0 Å². The largest absolute Gasteiger partial charge is 0.435 e. The quantitative estimate of drug-likeness (QED) is 0.339. The summed E-state index contributed by atoms with van der Waals surface area (Å²) in [5, 5.41) is 16.9. The average molecular weight is 458 g/mol. The Labute approximate surface area is 183 Å². The number of halogens is 4. The van der Waals surface area contributed by atoms with E-state index in [4.69, 9.17) is 16.3 Å². The lowest BCUT2D eigenvalue weighted by Gasteiger charge is -2.15. The van der Waals surface area contributed by atoms with Gasteiger partial charge in [-0.05, 0) is 17.4 Å². The van der Waals surface area contributed by atoms with Gasteiger partial charge in [0.25, 0.3) is 0 Å². The molecule has 0 aliphatic rings. The molecule has 0 amide bonds. The monoisotopic (exact) mass is 457 g/mol. The second kappa shape index (κ2) is 9.14. The first-order valence-corrected chi connectivity index (χ1v) is 9.89. The first-order chi connectivity index (χ1) is 14.3. The highest BCUT2D eigenvalue weighted by Gasteiger charge is 2.42. The molecule has 0 spiro atoms. The van der Waals surface area contributed by atoms with E-state index in [1.807, 2.05) is 27.7 Å². The number of carbonyl (C=O) groups is 1. The van der Waals surface area contributed by atoms with Gasteiger partial charge in [-0.3, -0.25) is 9.48 Å². The number of hydrogen-bond donors (Lipinski definition) is 0. The van der Waals surface area contributed by atoms with E-state index in [-0.39, 0.29) is 11.8 Å².